The minimum Gasteiger partial charge on any atom is -0.383 e. The summed E-state index contributed by atoms with van der Waals surface area (Å²) in [6.07, 6.45) is 0. The van der Waals surface area contributed by atoms with E-state index in [-0.39, 0.29) is 55.1 Å². The number of nitriles is 2. The fourth-order valence-corrected chi connectivity index (χ4v) is 10.2. The Balaban J connectivity index is 0.966. The molecule has 62 heavy (non-hydrogen) atoms. The number of benzene rings is 4. The molecule has 0 bridgehead atoms. The van der Waals surface area contributed by atoms with Crippen LogP contribution in [0.5, 0.6) is 0 Å². The number of ketones is 1. The van der Waals surface area contributed by atoms with Gasteiger partial charge in [0.15, 0.2) is 5.78 Å². The Bertz CT molecular complexity index is 3100. The van der Waals surface area contributed by atoms with Gasteiger partial charge in [-0.1, -0.05) is 60.7 Å². The quantitative estimate of drug-likeness (QED) is 0.0845. The van der Waals surface area contributed by atoms with Gasteiger partial charge in [-0.2, -0.15) is 10.5 Å². The van der Waals surface area contributed by atoms with Gasteiger partial charge in [-0.3, -0.25) is 14.2 Å². The molecule has 0 amide bonds. The highest BCUT2D eigenvalue weighted by atomic mass is 32.2. The molecule has 0 fully saturated rings. The van der Waals surface area contributed by atoms with Crippen LogP contribution < -0.4 is 20.9 Å². The van der Waals surface area contributed by atoms with Crippen molar-refractivity contribution < 1.29 is 21.6 Å². The van der Waals surface area contributed by atoms with Crippen LogP contribution in [0.1, 0.15) is 27.0 Å². The number of thiophene rings is 2. The maximum atomic E-state index is 13.7. The molecular weight excluding hydrogens is 861 g/mol. The van der Waals surface area contributed by atoms with Crippen LogP contribution in [-0.2, 0) is 20.0 Å². The molecule has 13 nitrogen and oxygen atoms in total. The number of hydrogen-bond donors (Lipinski definition) is 4. The van der Waals surface area contributed by atoms with Crippen LogP contribution in [0.25, 0.3) is 43.4 Å². The Morgan fingerprint density at radius 2 is 0.952 bits per heavy atom. The third-order valence-corrected chi connectivity index (χ3v) is 14.1. The predicted octanol–water partition coefficient (Wildman–Crippen LogP) is 9.01. The molecule has 4 aromatic heterocycles. The molecule has 304 valence electrons. The minimum atomic E-state index is -4.19. The Kier molecular flexibility index (Phi) is 11.1. The van der Waals surface area contributed by atoms with E-state index >= 15 is 0 Å². The molecule has 0 saturated heterocycles. The lowest BCUT2D eigenvalue weighted by atomic mass is 10.0. The molecule has 4 heterocycles. The van der Waals surface area contributed by atoms with Gasteiger partial charge in [-0.15, -0.1) is 22.7 Å². The van der Waals surface area contributed by atoms with Crippen LogP contribution in [0.15, 0.2) is 154 Å². The van der Waals surface area contributed by atoms with E-state index in [2.05, 4.69) is 31.6 Å². The van der Waals surface area contributed by atoms with Crippen molar-refractivity contribution in [2.45, 2.75) is 9.79 Å². The zero-order valence-electron chi connectivity index (χ0n) is 32.0. The van der Waals surface area contributed by atoms with Gasteiger partial charge in [-0.25, -0.2) is 26.8 Å². The molecule has 6 N–H and O–H groups in total. The van der Waals surface area contributed by atoms with E-state index < -0.39 is 25.8 Å². The number of nitrogen functional groups attached to an aromatic ring is 2. The van der Waals surface area contributed by atoms with Gasteiger partial charge in [0, 0.05) is 54.5 Å². The monoisotopic (exact) mass is 890 g/mol. The standard InChI is InChI=1S/C45H30N8O5S4/c46-25-37-35(41-9-3-19-59-41)23-39(50-44(37)48)27-11-15-31(16-12-27)52-61(55,56)33-7-1-5-29(21-33)43(54)30-6-2-8-34(22-30)62(57,58)53-32-17-13-28(14-18-32)40-24-36(42-10-4-20-60-42)38(26-47)45(49)51-40/h1-24,52-53H,(H2,48,50)(H2,49,51). The molecule has 8 rings (SSSR count). The molecule has 0 saturated carbocycles. The number of nitrogens with two attached hydrogens (primary N) is 2. The number of hydrogen-bond acceptors (Lipinski definition) is 13. The van der Waals surface area contributed by atoms with E-state index in [1.165, 1.54) is 71.2 Å². The normalized spacial score (nSPS) is 11.3. The van der Waals surface area contributed by atoms with Crippen molar-refractivity contribution in [3.05, 3.63) is 166 Å². The molecular formula is C45H30N8O5S4. The Morgan fingerprint density at radius 1 is 0.548 bits per heavy atom. The topological polar surface area (TPSA) is 235 Å². The molecule has 0 aliphatic carbocycles. The second-order valence-electron chi connectivity index (χ2n) is 13.6. The molecule has 0 aliphatic rings. The molecule has 4 aromatic carbocycles. The van der Waals surface area contributed by atoms with Crippen molar-refractivity contribution in [2.24, 2.45) is 0 Å². The highest BCUT2D eigenvalue weighted by Crippen LogP contribution is 2.36. The van der Waals surface area contributed by atoms with Gasteiger partial charge in [0.2, 0.25) is 0 Å². The summed E-state index contributed by atoms with van der Waals surface area (Å²) in [5.41, 5.74) is 16.9. The first-order chi connectivity index (χ1) is 29.8. The van der Waals surface area contributed by atoms with Crippen LogP contribution in [0.4, 0.5) is 23.0 Å². The van der Waals surface area contributed by atoms with Crippen molar-refractivity contribution in [2.75, 3.05) is 20.9 Å². The molecule has 0 unspecified atom stereocenters. The Morgan fingerprint density at radius 3 is 1.31 bits per heavy atom. The van der Waals surface area contributed by atoms with Crippen LogP contribution in [0, 0.1) is 22.7 Å². The predicted molar refractivity (Wildman–Crippen MR) is 242 cm³/mol. The Labute approximate surface area is 364 Å². The number of carbonyl (C=O) groups is 1. The van der Waals surface area contributed by atoms with Gasteiger partial charge in [0.25, 0.3) is 20.0 Å². The van der Waals surface area contributed by atoms with Crippen molar-refractivity contribution in [3.8, 4) is 55.5 Å². The fourth-order valence-electron chi connectivity index (χ4n) is 6.53. The second-order valence-corrected chi connectivity index (χ2v) is 18.8. The summed E-state index contributed by atoms with van der Waals surface area (Å²) in [7, 11) is -8.37. The highest BCUT2D eigenvalue weighted by molar-refractivity contribution is 7.93. The molecule has 17 heteroatoms. The third kappa shape index (κ3) is 8.37. The summed E-state index contributed by atoms with van der Waals surface area (Å²) < 4.78 is 59.2. The first kappa shape index (κ1) is 41.1. The number of rotatable bonds is 12. The maximum Gasteiger partial charge on any atom is 0.261 e. The summed E-state index contributed by atoms with van der Waals surface area (Å²) in [6.45, 7) is 0. The summed E-state index contributed by atoms with van der Waals surface area (Å²) in [5, 5.41) is 23.1. The van der Waals surface area contributed by atoms with Crippen LogP contribution in [0.2, 0.25) is 0 Å². The number of anilines is 4. The zero-order valence-corrected chi connectivity index (χ0v) is 35.2. The number of aromatic nitrogens is 2. The first-order valence-corrected chi connectivity index (χ1v) is 23.1. The first-order valence-electron chi connectivity index (χ1n) is 18.3. The zero-order chi connectivity index (χ0) is 43.6. The van der Waals surface area contributed by atoms with Crippen LogP contribution in [-0.4, -0.2) is 32.6 Å². The molecule has 8 aromatic rings. The average Bonchev–Trinajstić information content (AvgIpc) is 4.02. The number of nitrogens with one attached hydrogen (secondary N) is 2. The maximum absolute atomic E-state index is 13.7. The van der Waals surface area contributed by atoms with Gasteiger partial charge in [0.1, 0.15) is 34.9 Å². The average molecular weight is 891 g/mol. The van der Waals surface area contributed by atoms with Crippen LogP contribution >= 0.6 is 22.7 Å². The van der Waals surface area contributed by atoms with Crippen molar-refractivity contribution in [3.63, 3.8) is 0 Å². The highest BCUT2D eigenvalue weighted by Gasteiger charge is 2.22. The fraction of sp³-hybridized carbons (Fsp3) is 0. The number of carbonyl (C=O) groups excluding carboxylic acids is 1. The minimum absolute atomic E-state index is 0.0200. The van der Waals surface area contributed by atoms with Crippen molar-refractivity contribution >= 4 is 71.5 Å². The van der Waals surface area contributed by atoms with Crippen molar-refractivity contribution in [1.82, 2.24) is 9.97 Å². The third-order valence-electron chi connectivity index (χ3n) is 9.57. The smallest absolute Gasteiger partial charge is 0.261 e. The Hall–Kier alpha value is -7.67. The van der Waals surface area contributed by atoms with E-state index in [1.54, 1.807) is 60.7 Å². The van der Waals surface area contributed by atoms with Crippen molar-refractivity contribution in [1.29, 1.82) is 10.5 Å². The lowest BCUT2D eigenvalue weighted by Gasteiger charge is -2.12. The number of nitrogens with zero attached hydrogens (tertiary/aromatic N) is 4. The number of sulfonamides is 2. The van der Waals surface area contributed by atoms with Gasteiger partial charge < -0.3 is 11.5 Å². The summed E-state index contributed by atoms with van der Waals surface area (Å²) >= 11 is 2.92. The summed E-state index contributed by atoms with van der Waals surface area (Å²) in [4.78, 5) is 23.8. The molecule has 0 atom stereocenters. The van der Waals surface area contributed by atoms with Gasteiger partial charge in [0.05, 0.1) is 21.2 Å². The van der Waals surface area contributed by atoms with E-state index in [1.807, 2.05) is 35.0 Å². The molecule has 0 radical (unpaired) electrons. The van der Waals surface area contributed by atoms with Gasteiger partial charge in [-0.05, 0) is 83.6 Å². The van der Waals surface area contributed by atoms with Crippen LogP contribution in [0.3, 0.4) is 0 Å². The number of pyridine rings is 2. The molecule has 0 aliphatic heterocycles. The van der Waals surface area contributed by atoms with Gasteiger partial charge >= 0.3 is 0 Å². The lowest BCUT2D eigenvalue weighted by Crippen LogP contribution is -2.15. The van der Waals surface area contributed by atoms with E-state index in [0.717, 1.165) is 9.75 Å². The van der Waals surface area contributed by atoms with E-state index in [9.17, 15) is 32.2 Å². The summed E-state index contributed by atoms with van der Waals surface area (Å²) in [5.74, 6) is -0.440. The second kappa shape index (κ2) is 16.8. The molecule has 0 spiro atoms. The van der Waals surface area contributed by atoms with E-state index in [4.69, 9.17) is 11.5 Å². The SMILES string of the molecule is N#Cc1c(-c2cccs2)cc(-c2ccc(NS(=O)(=O)c3cccc(C(=O)c4cccc(S(=O)(=O)Nc5ccc(-c6cc(-c7cccs7)c(C#N)c(N)n6)cc5)c4)c3)cc2)nc1N. The lowest BCUT2D eigenvalue weighted by molar-refractivity contribution is 0.103. The van der Waals surface area contributed by atoms with E-state index in [0.29, 0.717) is 33.6 Å². The summed E-state index contributed by atoms with van der Waals surface area (Å²) in [6, 6.07) is 39.0. The largest absolute Gasteiger partial charge is 0.383 e.